The van der Waals surface area contributed by atoms with E-state index in [4.69, 9.17) is 4.74 Å². The van der Waals surface area contributed by atoms with E-state index in [0.29, 0.717) is 23.9 Å². The lowest BCUT2D eigenvalue weighted by Crippen LogP contribution is -2.26. The van der Waals surface area contributed by atoms with Crippen LogP contribution in [0.15, 0.2) is 18.2 Å². The lowest BCUT2D eigenvalue weighted by atomic mass is 10.1. The third-order valence-corrected chi connectivity index (χ3v) is 3.30. The van der Waals surface area contributed by atoms with E-state index >= 15 is 0 Å². The summed E-state index contributed by atoms with van der Waals surface area (Å²) in [5.74, 6) is 1.16. The summed E-state index contributed by atoms with van der Waals surface area (Å²) < 4.78 is 18.8. The molecule has 1 rings (SSSR count). The Hall–Kier alpha value is -0.740. The molecule has 96 valence electrons. The average molecular weight is 257 g/mol. The number of ether oxygens (including phenoxy) is 1. The molecule has 0 saturated carbocycles. The van der Waals surface area contributed by atoms with Crippen molar-refractivity contribution >= 4 is 11.8 Å². The summed E-state index contributed by atoms with van der Waals surface area (Å²) in [7, 11) is 1.48. The van der Waals surface area contributed by atoms with Crippen LogP contribution < -0.4 is 10.1 Å². The highest BCUT2D eigenvalue weighted by atomic mass is 32.2. The highest BCUT2D eigenvalue weighted by Gasteiger charge is 2.09. The van der Waals surface area contributed by atoms with Gasteiger partial charge in [0.1, 0.15) is 0 Å². The van der Waals surface area contributed by atoms with Gasteiger partial charge in [-0.05, 0) is 31.4 Å². The standard InChI is InChI=1S/C13H20FNOS/c1-10(7-8-17-3)15-9-11-5-4-6-12(16-2)13(11)14/h4-6,10,15H,7-9H2,1-3H3. The van der Waals surface area contributed by atoms with Gasteiger partial charge in [0.05, 0.1) is 7.11 Å². The Bertz CT molecular complexity index is 346. The van der Waals surface area contributed by atoms with E-state index in [1.54, 1.807) is 12.1 Å². The molecule has 0 heterocycles. The van der Waals surface area contributed by atoms with Crippen molar-refractivity contribution in [3.63, 3.8) is 0 Å². The van der Waals surface area contributed by atoms with Crippen LogP contribution in [0.5, 0.6) is 5.75 Å². The first-order chi connectivity index (χ1) is 8.19. The molecule has 0 aliphatic carbocycles. The third-order valence-electron chi connectivity index (χ3n) is 2.66. The van der Waals surface area contributed by atoms with Crippen LogP contribution in [0.25, 0.3) is 0 Å². The van der Waals surface area contributed by atoms with Gasteiger partial charge in [0.2, 0.25) is 0 Å². The van der Waals surface area contributed by atoms with Gasteiger partial charge in [0, 0.05) is 18.2 Å². The molecule has 17 heavy (non-hydrogen) atoms. The molecule has 0 radical (unpaired) electrons. The molecule has 1 aromatic rings. The molecular weight excluding hydrogens is 237 g/mol. The minimum atomic E-state index is -0.264. The predicted molar refractivity (Wildman–Crippen MR) is 72.3 cm³/mol. The molecule has 1 N–H and O–H groups in total. The summed E-state index contributed by atoms with van der Waals surface area (Å²) in [6.07, 6.45) is 3.18. The average Bonchev–Trinajstić information content (AvgIpc) is 2.35. The lowest BCUT2D eigenvalue weighted by molar-refractivity contribution is 0.382. The first-order valence-electron chi connectivity index (χ1n) is 5.72. The van der Waals surface area contributed by atoms with E-state index in [0.717, 1.165) is 12.2 Å². The first-order valence-corrected chi connectivity index (χ1v) is 7.12. The molecule has 1 aromatic carbocycles. The van der Waals surface area contributed by atoms with Gasteiger partial charge in [0.25, 0.3) is 0 Å². The molecule has 0 aliphatic rings. The maximum atomic E-state index is 13.8. The van der Waals surface area contributed by atoms with E-state index in [9.17, 15) is 4.39 Å². The van der Waals surface area contributed by atoms with E-state index < -0.39 is 0 Å². The zero-order valence-corrected chi connectivity index (χ0v) is 11.4. The number of methoxy groups -OCH3 is 1. The van der Waals surface area contributed by atoms with Crippen molar-refractivity contribution in [3.05, 3.63) is 29.6 Å². The second-order valence-corrected chi connectivity index (χ2v) is 4.98. The Morgan fingerprint density at radius 2 is 2.24 bits per heavy atom. The Morgan fingerprint density at radius 1 is 1.47 bits per heavy atom. The van der Waals surface area contributed by atoms with Crippen molar-refractivity contribution in [2.75, 3.05) is 19.1 Å². The van der Waals surface area contributed by atoms with Crippen LogP contribution in [0, 0.1) is 5.82 Å². The molecule has 1 unspecified atom stereocenters. The quantitative estimate of drug-likeness (QED) is 0.811. The van der Waals surface area contributed by atoms with Gasteiger partial charge < -0.3 is 10.1 Å². The van der Waals surface area contributed by atoms with Gasteiger partial charge in [-0.2, -0.15) is 11.8 Å². The Balaban J connectivity index is 2.51. The molecular formula is C13H20FNOS. The zero-order valence-electron chi connectivity index (χ0n) is 10.6. The fourth-order valence-electron chi connectivity index (χ4n) is 1.53. The fourth-order valence-corrected chi connectivity index (χ4v) is 2.12. The maximum absolute atomic E-state index is 13.8. The first kappa shape index (κ1) is 14.3. The van der Waals surface area contributed by atoms with Crippen molar-refractivity contribution in [1.82, 2.24) is 5.32 Å². The number of nitrogens with one attached hydrogen (secondary N) is 1. The molecule has 0 fully saturated rings. The Labute approximate surface area is 107 Å². The monoisotopic (exact) mass is 257 g/mol. The van der Waals surface area contributed by atoms with Crippen LogP contribution in [-0.2, 0) is 6.54 Å². The molecule has 2 nitrogen and oxygen atoms in total. The molecule has 0 amide bonds. The van der Waals surface area contributed by atoms with Gasteiger partial charge in [-0.15, -0.1) is 0 Å². The summed E-state index contributed by atoms with van der Waals surface area (Å²) >= 11 is 1.83. The van der Waals surface area contributed by atoms with Crippen molar-refractivity contribution < 1.29 is 9.13 Å². The summed E-state index contributed by atoms with van der Waals surface area (Å²) in [4.78, 5) is 0. The summed E-state index contributed by atoms with van der Waals surface area (Å²) in [6, 6.07) is 5.63. The second kappa shape index (κ2) is 7.56. The number of hydrogen-bond donors (Lipinski definition) is 1. The zero-order chi connectivity index (χ0) is 12.7. The summed E-state index contributed by atoms with van der Waals surface area (Å²) in [6.45, 7) is 2.66. The highest BCUT2D eigenvalue weighted by molar-refractivity contribution is 7.98. The number of hydrogen-bond acceptors (Lipinski definition) is 3. The van der Waals surface area contributed by atoms with E-state index in [2.05, 4.69) is 18.5 Å². The van der Waals surface area contributed by atoms with E-state index in [1.165, 1.54) is 7.11 Å². The van der Waals surface area contributed by atoms with Gasteiger partial charge in [-0.1, -0.05) is 12.1 Å². The van der Waals surface area contributed by atoms with E-state index in [1.807, 2.05) is 17.8 Å². The number of rotatable bonds is 7. The molecule has 0 spiro atoms. The normalized spacial score (nSPS) is 12.5. The van der Waals surface area contributed by atoms with Crippen LogP contribution >= 0.6 is 11.8 Å². The van der Waals surface area contributed by atoms with Crippen LogP contribution in [0.1, 0.15) is 18.9 Å². The van der Waals surface area contributed by atoms with Crippen LogP contribution in [0.2, 0.25) is 0 Å². The minimum Gasteiger partial charge on any atom is -0.494 e. The smallest absolute Gasteiger partial charge is 0.169 e. The SMILES string of the molecule is COc1cccc(CNC(C)CCSC)c1F. The van der Waals surface area contributed by atoms with Crippen molar-refractivity contribution in [3.8, 4) is 5.75 Å². The van der Waals surface area contributed by atoms with Crippen molar-refractivity contribution in [2.45, 2.75) is 25.9 Å². The molecule has 0 bridgehead atoms. The minimum absolute atomic E-state index is 0.264. The van der Waals surface area contributed by atoms with Gasteiger partial charge in [-0.25, -0.2) is 4.39 Å². The largest absolute Gasteiger partial charge is 0.494 e. The van der Waals surface area contributed by atoms with Gasteiger partial charge in [-0.3, -0.25) is 0 Å². The Morgan fingerprint density at radius 3 is 2.88 bits per heavy atom. The van der Waals surface area contributed by atoms with Crippen molar-refractivity contribution in [1.29, 1.82) is 0 Å². The molecule has 0 aliphatic heterocycles. The number of halogens is 1. The van der Waals surface area contributed by atoms with Gasteiger partial charge >= 0.3 is 0 Å². The third kappa shape index (κ3) is 4.56. The molecule has 0 saturated heterocycles. The Kier molecular flexibility index (Phi) is 6.37. The van der Waals surface area contributed by atoms with Crippen molar-refractivity contribution in [2.24, 2.45) is 0 Å². The predicted octanol–water partition coefficient (Wildman–Crippen LogP) is 3.07. The van der Waals surface area contributed by atoms with Crippen LogP contribution in [0.3, 0.4) is 0 Å². The van der Waals surface area contributed by atoms with E-state index in [-0.39, 0.29) is 5.82 Å². The number of benzene rings is 1. The number of thioether (sulfide) groups is 1. The van der Waals surface area contributed by atoms with Crippen LogP contribution in [0.4, 0.5) is 4.39 Å². The highest BCUT2D eigenvalue weighted by Crippen LogP contribution is 2.19. The topological polar surface area (TPSA) is 21.3 Å². The summed E-state index contributed by atoms with van der Waals surface area (Å²) in [5, 5.41) is 3.32. The second-order valence-electron chi connectivity index (χ2n) is 4.00. The van der Waals surface area contributed by atoms with Gasteiger partial charge in [0.15, 0.2) is 11.6 Å². The fraction of sp³-hybridized carbons (Fsp3) is 0.538. The van der Waals surface area contributed by atoms with Crippen LogP contribution in [-0.4, -0.2) is 25.2 Å². The molecule has 4 heteroatoms. The molecule has 1 atom stereocenters. The lowest BCUT2D eigenvalue weighted by Gasteiger charge is -2.14. The summed E-state index contributed by atoms with van der Waals surface area (Å²) in [5.41, 5.74) is 0.653. The molecule has 0 aromatic heterocycles. The maximum Gasteiger partial charge on any atom is 0.169 e.